The van der Waals surface area contributed by atoms with Gasteiger partial charge in [0, 0.05) is 17.8 Å². The Morgan fingerprint density at radius 2 is 1.53 bits per heavy atom. The van der Waals surface area contributed by atoms with E-state index in [0.29, 0.717) is 11.4 Å². The molecular weight excluding hydrogens is 480 g/mol. The minimum absolute atomic E-state index is 0.0566. The van der Waals surface area contributed by atoms with Gasteiger partial charge < -0.3 is 4.74 Å². The van der Waals surface area contributed by atoms with Gasteiger partial charge in [-0.05, 0) is 37.6 Å². The summed E-state index contributed by atoms with van der Waals surface area (Å²) in [4.78, 5) is 38.7. The second kappa shape index (κ2) is 10.3. The Kier molecular flexibility index (Phi) is 6.70. The second-order valence-electron chi connectivity index (χ2n) is 9.44. The molecular formula is C30H26N4O4. The third-order valence-corrected chi connectivity index (χ3v) is 6.42. The molecule has 190 valence electrons. The lowest BCUT2D eigenvalue weighted by Crippen LogP contribution is -2.39. The molecule has 0 saturated carbocycles. The predicted octanol–water partition coefficient (Wildman–Crippen LogP) is 4.56. The summed E-state index contributed by atoms with van der Waals surface area (Å²) >= 11 is 0. The molecule has 0 bridgehead atoms. The summed E-state index contributed by atoms with van der Waals surface area (Å²) in [5.74, 6) is -1.14. The van der Waals surface area contributed by atoms with Gasteiger partial charge in [0.05, 0.1) is 16.8 Å². The topological polar surface area (TPSA) is 95.6 Å². The molecule has 0 saturated heterocycles. The van der Waals surface area contributed by atoms with Crippen LogP contribution in [0.1, 0.15) is 19.4 Å². The Morgan fingerprint density at radius 1 is 0.842 bits per heavy atom. The van der Waals surface area contributed by atoms with Crippen molar-refractivity contribution in [3.8, 4) is 22.5 Å². The Morgan fingerprint density at radius 3 is 2.26 bits per heavy atom. The summed E-state index contributed by atoms with van der Waals surface area (Å²) in [7, 11) is 0. The van der Waals surface area contributed by atoms with Crippen molar-refractivity contribution in [1.82, 2.24) is 19.4 Å². The van der Waals surface area contributed by atoms with E-state index in [1.54, 1.807) is 10.6 Å². The van der Waals surface area contributed by atoms with Crippen LogP contribution in [0.25, 0.3) is 28.0 Å². The van der Waals surface area contributed by atoms with E-state index < -0.39 is 22.7 Å². The van der Waals surface area contributed by atoms with E-state index in [0.717, 1.165) is 26.9 Å². The van der Waals surface area contributed by atoms with E-state index in [4.69, 9.17) is 9.84 Å². The second-order valence-corrected chi connectivity index (χ2v) is 9.44. The quantitative estimate of drug-likeness (QED) is 0.226. The number of esters is 1. The van der Waals surface area contributed by atoms with Gasteiger partial charge in [0.25, 0.3) is 5.56 Å². The molecule has 0 amide bonds. The van der Waals surface area contributed by atoms with Gasteiger partial charge in [-0.3, -0.25) is 14.4 Å². The maximum Gasteiger partial charge on any atom is 0.319 e. The van der Waals surface area contributed by atoms with Crippen LogP contribution in [0, 0.1) is 5.41 Å². The molecule has 3 heterocycles. The number of rotatable bonds is 8. The highest BCUT2D eigenvalue weighted by Crippen LogP contribution is 2.33. The number of benzene rings is 2. The highest BCUT2D eigenvalue weighted by Gasteiger charge is 2.38. The minimum atomic E-state index is -1.47. The third kappa shape index (κ3) is 4.88. The van der Waals surface area contributed by atoms with Crippen LogP contribution in [0.4, 0.5) is 0 Å². The lowest BCUT2D eigenvalue weighted by Gasteiger charge is -2.21. The summed E-state index contributed by atoms with van der Waals surface area (Å²) in [6.07, 6.45) is 1.84. The van der Waals surface area contributed by atoms with E-state index in [-0.39, 0.29) is 13.2 Å². The number of ketones is 1. The molecule has 0 radical (unpaired) electrons. The first-order valence-electron chi connectivity index (χ1n) is 12.2. The maximum atomic E-state index is 13.2. The van der Waals surface area contributed by atoms with Crippen LogP contribution in [0.15, 0.2) is 102 Å². The summed E-state index contributed by atoms with van der Waals surface area (Å²) in [5, 5.41) is 9.28. The lowest BCUT2D eigenvalue weighted by atomic mass is 9.88. The fourth-order valence-corrected chi connectivity index (χ4v) is 4.10. The van der Waals surface area contributed by atoms with Gasteiger partial charge in [0.1, 0.15) is 24.3 Å². The number of nitrogens with zero attached hydrogens (tertiary/aromatic N) is 4. The number of carbonyl (C=O) groups is 2. The van der Waals surface area contributed by atoms with E-state index in [9.17, 15) is 14.4 Å². The van der Waals surface area contributed by atoms with E-state index >= 15 is 0 Å². The predicted molar refractivity (Wildman–Crippen MR) is 143 cm³/mol. The molecule has 8 nitrogen and oxygen atoms in total. The van der Waals surface area contributed by atoms with Gasteiger partial charge >= 0.3 is 5.97 Å². The summed E-state index contributed by atoms with van der Waals surface area (Å²) in [6, 6.07) is 27.6. The SMILES string of the molecule is CC(C)(C(=O)Cn1nc(-c2c(-c3ccccc3)nn3ccccc23)ccc1=O)C(=O)OCc1ccccc1. The summed E-state index contributed by atoms with van der Waals surface area (Å²) < 4.78 is 8.24. The fraction of sp³-hybridized carbons (Fsp3) is 0.167. The van der Waals surface area contributed by atoms with Crippen LogP contribution in [0.2, 0.25) is 0 Å². The van der Waals surface area contributed by atoms with Gasteiger partial charge in [-0.25, -0.2) is 9.20 Å². The molecule has 0 aliphatic heterocycles. The molecule has 3 aromatic heterocycles. The van der Waals surface area contributed by atoms with E-state index in [2.05, 4.69) is 5.10 Å². The molecule has 0 fully saturated rings. The Bertz CT molecular complexity index is 1670. The van der Waals surface area contributed by atoms with Crippen molar-refractivity contribution >= 4 is 17.3 Å². The monoisotopic (exact) mass is 506 g/mol. The molecule has 5 rings (SSSR count). The lowest BCUT2D eigenvalue weighted by molar-refractivity contribution is -0.159. The van der Waals surface area contributed by atoms with Gasteiger partial charge in [-0.1, -0.05) is 66.7 Å². The normalized spacial score (nSPS) is 11.4. The van der Waals surface area contributed by atoms with Crippen molar-refractivity contribution in [3.63, 3.8) is 0 Å². The minimum Gasteiger partial charge on any atom is -0.460 e. The average Bonchev–Trinajstić information content (AvgIpc) is 3.33. The molecule has 0 spiro atoms. The van der Waals surface area contributed by atoms with E-state index in [1.165, 1.54) is 19.9 Å². The summed E-state index contributed by atoms with van der Waals surface area (Å²) in [6.45, 7) is 2.67. The highest BCUT2D eigenvalue weighted by atomic mass is 16.5. The maximum absolute atomic E-state index is 13.2. The first-order valence-corrected chi connectivity index (χ1v) is 12.2. The standard InChI is InChI=1S/C30H26N4O4/c1-30(2,29(37)38-20-21-11-5-3-6-12-21)25(35)19-34-26(36)17-16-23(31-34)27-24-15-9-10-18-33(24)32-28(27)22-13-7-4-8-14-22/h3-18H,19-20H2,1-2H3. The molecule has 0 N–H and O–H groups in total. The molecule has 2 aromatic carbocycles. The van der Waals surface area contributed by atoms with Gasteiger partial charge in [-0.2, -0.15) is 10.2 Å². The molecule has 0 atom stereocenters. The van der Waals surface area contributed by atoms with Crippen molar-refractivity contribution in [3.05, 3.63) is 113 Å². The number of pyridine rings is 1. The molecule has 0 aliphatic carbocycles. The van der Waals surface area contributed by atoms with Crippen LogP contribution in [0.3, 0.4) is 0 Å². The zero-order valence-electron chi connectivity index (χ0n) is 21.1. The van der Waals surface area contributed by atoms with E-state index in [1.807, 2.05) is 85.1 Å². The first kappa shape index (κ1) is 24.8. The molecule has 0 unspecified atom stereocenters. The number of ether oxygens (including phenoxy) is 1. The number of Topliss-reactive ketones (excluding diaryl/α,β-unsaturated/α-hetero) is 1. The number of fused-ring (bicyclic) bond motifs is 1. The van der Waals surface area contributed by atoms with Crippen LogP contribution >= 0.6 is 0 Å². The smallest absolute Gasteiger partial charge is 0.319 e. The van der Waals surface area contributed by atoms with Crippen molar-refractivity contribution in [2.75, 3.05) is 0 Å². The highest BCUT2D eigenvalue weighted by molar-refractivity contribution is 6.02. The molecule has 38 heavy (non-hydrogen) atoms. The number of carbonyl (C=O) groups excluding carboxylic acids is 2. The molecule has 5 aromatic rings. The van der Waals surface area contributed by atoms with Crippen molar-refractivity contribution in [2.45, 2.75) is 27.0 Å². The van der Waals surface area contributed by atoms with Gasteiger partial charge in [0.2, 0.25) is 0 Å². The van der Waals surface area contributed by atoms with Crippen molar-refractivity contribution in [2.24, 2.45) is 5.41 Å². The fourth-order valence-electron chi connectivity index (χ4n) is 4.10. The van der Waals surface area contributed by atoms with Gasteiger partial charge in [0.15, 0.2) is 5.78 Å². The number of hydrogen-bond acceptors (Lipinski definition) is 6. The molecule has 8 heteroatoms. The van der Waals surface area contributed by atoms with Crippen LogP contribution in [0.5, 0.6) is 0 Å². The van der Waals surface area contributed by atoms with Crippen molar-refractivity contribution in [1.29, 1.82) is 0 Å². The average molecular weight is 507 g/mol. The van der Waals surface area contributed by atoms with Crippen LogP contribution < -0.4 is 5.56 Å². The molecule has 0 aliphatic rings. The number of hydrogen-bond donors (Lipinski definition) is 0. The zero-order valence-corrected chi connectivity index (χ0v) is 21.1. The third-order valence-electron chi connectivity index (χ3n) is 6.42. The van der Waals surface area contributed by atoms with Crippen LogP contribution in [-0.2, 0) is 27.5 Å². The number of aromatic nitrogens is 4. The Labute approximate surface area is 219 Å². The van der Waals surface area contributed by atoms with Crippen LogP contribution in [-0.4, -0.2) is 31.1 Å². The van der Waals surface area contributed by atoms with Gasteiger partial charge in [-0.15, -0.1) is 0 Å². The summed E-state index contributed by atoms with van der Waals surface area (Å²) in [5.41, 5.74) is 2.52. The Hall–Kier alpha value is -4.85. The largest absolute Gasteiger partial charge is 0.460 e. The zero-order chi connectivity index (χ0) is 26.7. The first-order chi connectivity index (χ1) is 18.3. The van der Waals surface area contributed by atoms with Crippen molar-refractivity contribution < 1.29 is 14.3 Å². The Balaban J connectivity index is 1.45.